The van der Waals surface area contributed by atoms with Gasteiger partial charge in [-0.3, -0.25) is 0 Å². The number of nitrogens with two attached hydrogens (primary N) is 1. The molecule has 0 aromatic carbocycles. The SMILES string of the molecule is C=CC[C@@H](OCCOC)[C@@H](CC)S(N)(=O)=O. The largest absolute Gasteiger partial charge is 0.382 e. The van der Waals surface area contributed by atoms with E-state index in [1.54, 1.807) is 20.1 Å². The highest BCUT2D eigenvalue weighted by Gasteiger charge is 2.29. The number of methoxy groups -OCH3 is 1. The maximum Gasteiger partial charge on any atom is 0.214 e. The summed E-state index contributed by atoms with van der Waals surface area (Å²) in [4.78, 5) is 0. The predicted molar refractivity (Wildman–Crippen MR) is 63.6 cm³/mol. The molecule has 2 atom stereocenters. The van der Waals surface area contributed by atoms with Crippen LogP contribution in [0.1, 0.15) is 19.8 Å². The molecule has 5 nitrogen and oxygen atoms in total. The lowest BCUT2D eigenvalue weighted by Gasteiger charge is -2.23. The van der Waals surface area contributed by atoms with E-state index in [0.717, 1.165) is 0 Å². The lowest BCUT2D eigenvalue weighted by molar-refractivity contribution is 0.0163. The molecule has 0 amide bonds. The van der Waals surface area contributed by atoms with Gasteiger partial charge in [0.15, 0.2) is 0 Å². The van der Waals surface area contributed by atoms with Crippen LogP contribution in [-0.4, -0.2) is 40.1 Å². The number of hydrogen-bond donors (Lipinski definition) is 1. The van der Waals surface area contributed by atoms with Crippen LogP contribution in [0.15, 0.2) is 12.7 Å². The van der Waals surface area contributed by atoms with E-state index in [0.29, 0.717) is 26.1 Å². The summed E-state index contributed by atoms with van der Waals surface area (Å²) < 4.78 is 33.0. The van der Waals surface area contributed by atoms with Crippen LogP contribution in [0.3, 0.4) is 0 Å². The van der Waals surface area contributed by atoms with Gasteiger partial charge in [-0.25, -0.2) is 13.6 Å². The highest BCUT2D eigenvalue weighted by atomic mass is 32.2. The van der Waals surface area contributed by atoms with Crippen molar-refractivity contribution >= 4 is 10.0 Å². The number of hydrogen-bond acceptors (Lipinski definition) is 4. The van der Waals surface area contributed by atoms with Gasteiger partial charge in [0.1, 0.15) is 5.25 Å². The van der Waals surface area contributed by atoms with Crippen molar-refractivity contribution in [3.63, 3.8) is 0 Å². The summed E-state index contributed by atoms with van der Waals surface area (Å²) in [7, 11) is -2.03. The molecule has 0 heterocycles. The van der Waals surface area contributed by atoms with Gasteiger partial charge in [-0.2, -0.15) is 0 Å². The Kier molecular flexibility index (Phi) is 7.57. The number of primary sulfonamides is 1. The van der Waals surface area contributed by atoms with Crippen LogP contribution in [0.4, 0.5) is 0 Å². The third-order valence-electron chi connectivity index (χ3n) is 2.26. The van der Waals surface area contributed by atoms with Gasteiger partial charge in [0, 0.05) is 7.11 Å². The summed E-state index contributed by atoms with van der Waals surface area (Å²) in [6.07, 6.45) is 2.06. The Morgan fingerprint density at radius 2 is 2.06 bits per heavy atom. The molecule has 0 unspecified atom stereocenters. The zero-order valence-corrected chi connectivity index (χ0v) is 10.7. The monoisotopic (exact) mass is 251 g/mol. The van der Waals surface area contributed by atoms with Crippen LogP contribution in [0.25, 0.3) is 0 Å². The Morgan fingerprint density at radius 1 is 1.44 bits per heavy atom. The molecule has 0 bridgehead atoms. The van der Waals surface area contributed by atoms with Crippen molar-refractivity contribution < 1.29 is 17.9 Å². The first-order valence-electron chi connectivity index (χ1n) is 5.20. The van der Waals surface area contributed by atoms with E-state index in [1.807, 2.05) is 0 Å². The van der Waals surface area contributed by atoms with Crippen molar-refractivity contribution in [2.24, 2.45) is 5.14 Å². The first-order chi connectivity index (χ1) is 7.47. The van der Waals surface area contributed by atoms with Gasteiger partial charge in [0.25, 0.3) is 0 Å². The fourth-order valence-corrected chi connectivity index (χ4v) is 2.56. The summed E-state index contributed by atoms with van der Waals surface area (Å²) in [5.74, 6) is 0. The first kappa shape index (κ1) is 15.6. The van der Waals surface area contributed by atoms with Crippen LogP contribution in [0.2, 0.25) is 0 Å². The molecule has 0 aliphatic heterocycles. The third-order valence-corrected chi connectivity index (χ3v) is 3.74. The van der Waals surface area contributed by atoms with Gasteiger partial charge < -0.3 is 9.47 Å². The predicted octanol–water partition coefficient (Wildman–Crippen LogP) is 0.661. The van der Waals surface area contributed by atoms with E-state index in [-0.39, 0.29) is 0 Å². The molecule has 6 heteroatoms. The Bertz CT molecular complexity index is 289. The van der Waals surface area contributed by atoms with Crippen molar-refractivity contribution in [1.29, 1.82) is 0 Å². The maximum atomic E-state index is 11.3. The normalized spacial score (nSPS) is 15.7. The minimum absolute atomic E-state index is 0.348. The van der Waals surface area contributed by atoms with Gasteiger partial charge in [-0.05, 0) is 12.8 Å². The fourth-order valence-electron chi connectivity index (χ4n) is 1.48. The number of ether oxygens (including phenoxy) is 2. The van der Waals surface area contributed by atoms with Gasteiger partial charge in [-0.15, -0.1) is 6.58 Å². The Hall–Kier alpha value is -0.430. The highest BCUT2D eigenvalue weighted by molar-refractivity contribution is 7.89. The van der Waals surface area contributed by atoms with Crippen molar-refractivity contribution in [1.82, 2.24) is 0 Å². The molecular formula is C10H21NO4S. The zero-order chi connectivity index (χ0) is 12.6. The van der Waals surface area contributed by atoms with Crippen LogP contribution >= 0.6 is 0 Å². The maximum absolute atomic E-state index is 11.3. The van der Waals surface area contributed by atoms with E-state index in [4.69, 9.17) is 14.6 Å². The second-order valence-corrected chi connectivity index (χ2v) is 5.25. The lowest BCUT2D eigenvalue weighted by Crippen LogP contribution is -2.40. The Labute approximate surface area is 97.7 Å². The average molecular weight is 251 g/mol. The molecule has 96 valence electrons. The standard InChI is InChI=1S/C10H21NO4S/c1-4-6-9(15-8-7-14-3)10(5-2)16(11,12)13/h4,9-10H,1,5-8H2,2-3H3,(H2,11,12,13)/t9-,10-/m1/s1. The molecule has 0 aromatic rings. The molecule has 0 saturated carbocycles. The van der Waals surface area contributed by atoms with Crippen molar-refractivity contribution in [2.45, 2.75) is 31.1 Å². The number of rotatable bonds is 9. The Morgan fingerprint density at radius 3 is 2.44 bits per heavy atom. The van der Waals surface area contributed by atoms with Crippen molar-refractivity contribution in [3.8, 4) is 0 Å². The van der Waals surface area contributed by atoms with E-state index >= 15 is 0 Å². The van der Waals surface area contributed by atoms with Crippen LogP contribution < -0.4 is 5.14 Å². The first-order valence-corrected chi connectivity index (χ1v) is 6.81. The summed E-state index contributed by atoms with van der Waals surface area (Å²) in [5, 5.41) is 4.46. The molecule has 0 fully saturated rings. The second kappa shape index (κ2) is 7.78. The average Bonchev–Trinajstić information content (AvgIpc) is 2.17. The Balaban J connectivity index is 4.53. The topological polar surface area (TPSA) is 78.6 Å². The molecular weight excluding hydrogens is 230 g/mol. The van der Waals surface area contributed by atoms with E-state index in [1.165, 1.54) is 0 Å². The molecule has 0 aliphatic carbocycles. The van der Waals surface area contributed by atoms with Gasteiger partial charge >= 0.3 is 0 Å². The minimum atomic E-state index is -3.59. The molecule has 0 rings (SSSR count). The fraction of sp³-hybridized carbons (Fsp3) is 0.800. The van der Waals surface area contributed by atoms with E-state index in [2.05, 4.69) is 6.58 Å². The zero-order valence-electron chi connectivity index (χ0n) is 9.89. The molecule has 0 saturated heterocycles. The highest BCUT2D eigenvalue weighted by Crippen LogP contribution is 2.15. The molecule has 16 heavy (non-hydrogen) atoms. The van der Waals surface area contributed by atoms with Gasteiger partial charge in [0.2, 0.25) is 10.0 Å². The summed E-state index contributed by atoms with van der Waals surface area (Å²) in [6, 6.07) is 0. The molecule has 0 aliphatic rings. The minimum Gasteiger partial charge on any atom is -0.382 e. The van der Waals surface area contributed by atoms with Gasteiger partial charge in [-0.1, -0.05) is 13.0 Å². The van der Waals surface area contributed by atoms with Crippen molar-refractivity contribution in [2.75, 3.05) is 20.3 Å². The lowest BCUT2D eigenvalue weighted by atomic mass is 10.1. The molecule has 0 spiro atoms. The molecule has 2 N–H and O–H groups in total. The van der Waals surface area contributed by atoms with Crippen LogP contribution in [0, 0.1) is 0 Å². The molecule has 0 radical (unpaired) electrons. The second-order valence-electron chi connectivity index (χ2n) is 3.46. The van der Waals surface area contributed by atoms with Crippen molar-refractivity contribution in [3.05, 3.63) is 12.7 Å². The van der Waals surface area contributed by atoms with Crippen LogP contribution in [0.5, 0.6) is 0 Å². The van der Waals surface area contributed by atoms with Gasteiger partial charge in [0.05, 0.1) is 19.3 Å². The van der Waals surface area contributed by atoms with E-state index in [9.17, 15) is 8.42 Å². The molecule has 0 aromatic heterocycles. The third kappa shape index (κ3) is 5.60. The smallest absolute Gasteiger partial charge is 0.214 e. The summed E-state index contributed by atoms with van der Waals surface area (Å²) >= 11 is 0. The van der Waals surface area contributed by atoms with Crippen LogP contribution in [-0.2, 0) is 19.5 Å². The summed E-state index contributed by atoms with van der Waals surface area (Å²) in [6.45, 7) is 6.12. The van der Waals surface area contributed by atoms with E-state index < -0.39 is 21.4 Å². The number of sulfonamides is 1. The quantitative estimate of drug-likeness (QED) is 0.482. The summed E-state index contributed by atoms with van der Waals surface area (Å²) in [5.41, 5.74) is 0.